The van der Waals surface area contributed by atoms with Crippen molar-refractivity contribution in [1.82, 2.24) is 4.57 Å². The molecule has 100 valence electrons. The van der Waals surface area contributed by atoms with Gasteiger partial charge in [-0.25, -0.2) is 0 Å². The van der Waals surface area contributed by atoms with E-state index in [1.54, 1.807) is 6.07 Å². The number of aromatic nitrogens is 1. The van der Waals surface area contributed by atoms with E-state index >= 15 is 0 Å². The molecule has 2 rings (SSSR count). The summed E-state index contributed by atoms with van der Waals surface area (Å²) in [6.07, 6.45) is 5.93. The molecule has 0 amide bonds. The summed E-state index contributed by atoms with van der Waals surface area (Å²) < 4.78 is 1.97. The van der Waals surface area contributed by atoms with Crippen molar-refractivity contribution in [2.45, 2.75) is 64.3 Å². The molecule has 0 aliphatic heterocycles. The Hall–Kier alpha value is -1.25. The smallest absolute Gasteiger partial charge is 0.274 e. The normalized spacial score (nSPS) is 17.9. The minimum Gasteiger partial charge on any atom is -0.394 e. The van der Waals surface area contributed by atoms with Crippen molar-refractivity contribution in [3.05, 3.63) is 28.2 Å². The molecule has 1 aromatic heterocycles. The van der Waals surface area contributed by atoms with E-state index in [4.69, 9.17) is 5.73 Å². The predicted molar refractivity (Wildman–Crippen MR) is 75.9 cm³/mol. The molecule has 0 saturated heterocycles. The molecule has 1 aliphatic carbocycles. The van der Waals surface area contributed by atoms with Gasteiger partial charge in [0.25, 0.3) is 5.56 Å². The van der Waals surface area contributed by atoms with E-state index < -0.39 is 0 Å². The van der Waals surface area contributed by atoms with Crippen LogP contribution >= 0.6 is 0 Å². The lowest BCUT2D eigenvalue weighted by Crippen LogP contribution is -2.34. The number of hydrogen-bond acceptors (Lipinski definition) is 2. The largest absolute Gasteiger partial charge is 0.394 e. The molecule has 3 nitrogen and oxygen atoms in total. The molecule has 0 radical (unpaired) electrons. The monoisotopic (exact) mass is 248 g/mol. The minimum absolute atomic E-state index is 0.00525. The summed E-state index contributed by atoms with van der Waals surface area (Å²) in [5, 5.41) is 0. The van der Waals surface area contributed by atoms with E-state index in [9.17, 15) is 4.79 Å². The number of rotatable bonds is 1. The summed E-state index contributed by atoms with van der Waals surface area (Å²) in [6.45, 7) is 6.45. The molecule has 0 atom stereocenters. The quantitative estimate of drug-likeness (QED) is 0.829. The number of anilines is 1. The van der Waals surface area contributed by atoms with Gasteiger partial charge in [0, 0.05) is 17.2 Å². The van der Waals surface area contributed by atoms with Crippen LogP contribution in [0.15, 0.2) is 16.9 Å². The Morgan fingerprint density at radius 2 is 1.78 bits per heavy atom. The molecule has 0 spiro atoms. The molecule has 1 saturated carbocycles. The third-order valence-corrected chi connectivity index (χ3v) is 3.85. The van der Waals surface area contributed by atoms with Gasteiger partial charge in [-0.1, -0.05) is 40.0 Å². The first-order valence-electron chi connectivity index (χ1n) is 6.93. The van der Waals surface area contributed by atoms with Crippen molar-refractivity contribution in [3.8, 4) is 0 Å². The average molecular weight is 248 g/mol. The molecule has 1 aromatic rings. The Kier molecular flexibility index (Phi) is 3.51. The first-order valence-corrected chi connectivity index (χ1v) is 6.93. The van der Waals surface area contributed by atoms with Crippen LogP contribution in [0.2, 0.25) is 0 Å². The topological polar surface area (TPSA) is 48.0 Å². The summed E-state index contributed by atoms with van der Waals surface area (Å²) in [5.74, 6) is 0. The zero-order valence-electron chi connectivity index (χ0n) is 11.7. The fraction of sp³-hybridized carbons (Fsp3) is 0.667. The highest BCUT2D eigenvalue weighted by Gasteiger charge is 2.25. The van der Waals surface area contributed by atoms with Crippen LogP contribution in [0.1, 0.15) is 64.6 Å². The van der Waals surface area contributed by atoms with Crippen molar-refractivity contribution in [2.24, 2.45) is 0 Å². The second-order valence-corrected chi connectivity index (χ2v) is 6.39. The highest BCUT2D eigenvalue weighted by Crippen LogP contribution is 2.31. The Bertz CT molecular complexity index is 476. The lowest BCUT2D eigenvalue weighted by molar-refractivity contribution is 0.325. The Morgan fingerprint density at radius 3 is 2.33 bits per heavy atom. The highest BCUT2D eigenvalue weighted by molar-refractivity contribution is 5.37. The number of nitrogen functional groups attached to an aromatic ring is 1. The summed E-state index contributed by atoms with van der Waals surface area (Å²) in [5.41, 5.74) is 7.25. The SMILES string of the molecule is CC(C)(C)c1ccc(N)c(=O)n1C1CCCCC1. The molecule has 0 aromatic carbocycles. The number of hydrogen-bond donors (Lipinski definition) is 1. The maximum Gasteiger partial charge on any atom is 0.274 e. The van der Waals surface area contributed by atoms with Gasteiger partial charge in [-0.05, 0) is 25.0 Å². The molecule has 1 fully saturated rings. The standard InChI is InChI=1S/C15H24N2O/c1-15(2,3)13-10-9-12(16)14(18)17(13)11-7-5-4-6-8-11/h9-11H,4-8,16H2,1-3H3. The summed E-state index contributed by atoms with van der Waals surface area (Å²) in [6, 6.07) is 4.11. The van der Waals surface area contributed by atoms with Gasteiger partial charge >= 0.3 is 0 Å². The predicted octanol–water partition coefficient (Wildman–Crippen LogP) is 3.23. The third-order valence-electron chi connectivity index (χ3n) is 3.85. The molecular weight excluding hydrogens is 224 g/mol. The van der Waals surface area contributed by atoms with E-state index in [1.807, 2.05) is 10.6 Å². The van der Waals surface area contributed by atoms with Crippen LogP contribution in [0, 0.1) is 0 Å². The van der Waals surface area contributed by atoms with Crippen molar-refractivity contribution < 1.29 is 0 Å². The van der Waals surface area contributed by atoms with Crippen molar-refractivity contribution in [1.29, 1.82) is 0 Å². The van der Waals surface area contributed by atoms with Gasteiger partial charge in [-0.2, -0.15) is 0 Å². The minimum atomic E-state index is -0.0235. The van der Waals surface area contributed by atoms with Crippen LogP contribution < -0.4 is 11.3 Å². The maximum atomic E-state index is 12.4. The van der Waals surface area contributed by atoms with E-state index in [-0.39, 0.29) is 11.0 Å². The van der Waals surface area contributed by atoms with Crippen LogP contribution in [-0.4, -0.2) is 4.57 Å². The van der Waals surface area contributed by atoms with Crippen LogP contribution in [0.3, 0.4) is 0 Å². The summed E-state index contributed by atoms with van der Waals surface area (Å²) >= 11 is 0. The van der Waals surface area contributed by atoms with Gasteiger partial charge in [-0.15, -0.1) is 0 Å². The van der Waals surface area contributed by atoms with Crippen molar-refractivity contribution >= 4 is 5.69 Å². The molecule has 3 heteroatoms. The van der Waals surface area contributed by atoms with Crippen LogP contribution in [0.25, 0.3) is 0 Å². The molecule has 1 heterocycles. The Morgan fingerprint density at radius 1 is 1.17 bits per heavy atom. The second-order valence-electron chi connectivity index (χ2n) is 6.39. The zero-order chi connectivity index (χ0) is 13.3. The molecule has 2 N–H and O–H groups in total. The van der Waals surface area contributed by atoms with Crippen molar-refractivity contribution in [3.63, 3.8) is 0 Å². The Labute approximate surface area is 109 Å². The summed E-state index contributed by atoms with van der Waals surface area (Å²) in [4.78, 5) is 12.4. The fourth-order valence-corrected chi connectivity index (χ4v) is 2.88. The molecule has 18 heavy (non-hydrogen) atoms. The lowest BCUT2D eigenvalue weighted by Gasteiger charge is -2.31. The fourth-order valence-electron chi connectivity index (χ4n) is 2.88. The van der Waals surface area contributed by atoms with E-state index in [1.165, 1.54) is 19.3 Å². The molecule has 0 bridgehead atoms. The highest BCUT2D eigenvalue weighted by atomic mass is 16.1. The van der Waals surface area contributed by atoms with Crippen LogP contribution in [-0.2, 0) is 5.41 Å². The van der Waals surface area contributed by atoms with Crippen LogP contribution in [0.4, 0.5) is 5.69 Å². The second kappa shape index (κ2) is 4.79. The van der Waals surface area contributed by atoms with E-state index in [0.717, 1.165) is 18.5 Å². The van der Waals surface area contributed by atoms with Gasteiger partial charge in [0.2, 0.25) is 0 Å². The zero-order valence-corrected chi connectivity index (χ0v) is 11.7. The van der Waals surface area contributed by atoms with E-state index in [2.05, 4.69) is 20.8 Å². The first-order chi connectivity index (χ1) is 8.41. The molecule has 1 aliphatic rings. The third kappa shape index (κ3) is 2.45. The maximum absolute atomic E-state index is 12.4. The molecule has 0 unspecified atom stereocenters. The van der Waals surface area contributed by atoms with Gasteiger partial charge in [0.1, 0.15) is 0 Å². The van der Waals surface area contributed by atoms with Crippen LogP contribution in [0.5, 0.6) is 0 Å². The van der Waals surface area contributed by atoms with Gasteiger partial charge in [-0.3, -0.25) is 4.79 Å². The number of pyridine rings is 1. The average Bonchev–Trinajstić information content (AvgIpc) is 2.32. The van der Waals surface area contributed by atoms with E-state index in [0.29, 0.717) is 11.7 Å². The molecular formula is C15H24N2O. The Balaban J connectivity index is 2.54. The number of nitrogens with zero attached hydrogens (tertiary/aromatic N) is 1. The summed E-state index contributed by atoms with van der Waals surface area (Å²) in [7, 11) is 0. The van der Waals surface area contributed by atoms with Gasteiger partial charge < -0.3 is 10.3 Å². The van der Waals surface area contributed by atoms with Gasteiger partial charge in [0.15, 0.2) is 0 Å². The number of nitrogens with two attached hydrogens (primary N) is 1. The first kappa shape index (κ1) is 13.2. The van der Waals surface area contributed by atoms with Gasteiger partial charge in [0.05, 0.1) is 5.69 Å². The lowest BCUT2D eigenvalue weighted by atomic mass is 9.88. The van der Waals surface area contributed by atoms with Crippen molar-refractivity contribution in [2.75, 3.05) is 5.73 Å².